The highest BCUT2D eigenvalue weighted by atomic mass is 35.5. The molecule has 1 atom stereocenters. The fourth-order valence-electron chi connectivity index (χ4n) is 4.27. The molecule has 3 aromatic carbocycles. The molecule has 0 aromatic heterocycles. The third-order valence-corrected chi connectivity index (χ3v) is 8.43. The number of anilines is 1. The Hall–Kier alpha value is -3.36. The fraction of sp³-hybridized carbons (Fsp3) is 0.333. The van der Waals surface area contributed by atoms with Gasteiger partial charge in [-0.05, 0) is 75.6 Å². The van der Waals surface area contributed by atoms with E-state index >= 15 is 0 Å². The molecule has 208 valence electrons. The summed E-state index contributed by atoms with van der Waals surface area (Å²) in [6, 6.07) is 19.5. The number of nitrogens with zero attached hydrogens (tertiary/aromatic N) is 2. The smallest absolute Gasteiger partial charge is 0.264 e. The van der Waals surface area contributed by atoms with E-state index in [9.17, 15) is 18.0 Å². The zero-order chi connectivity index (χ0) is 28.7. The Morgan fingerprint density at radius 2 is 1.62 bits per heavy atom. The molecule has 0 heterocycles. The SMILES string of the molecule is CC[C@H](C(=O)NC(C)C)N(Cc1ccccc1C)C(=O)CN(c1cccc(Cl)c1)S(=O)(=O)c1ccc(C)cc1. The predicted molar refractivity (Wildman–Crippen MR) is 156 cm³/mol. The van der Waals surface area contributed by atoms with Gasteiger partial charge >= 0.3 is 0 Å². The first kappa shape index (κ1) is 30.2. The summed E-state index contributed by atoms with van der Waals surface area (Å²) in [7, 11) is -4.14. The van der Waals surface area contributed by atoms with Crippen molar-refractivity contribution in [2.45, 2.75) is 64.6 Å². The Morgan fingerprint density at radius 1 is 0.949 bits per heavy atom. The lowest BCUT2D eigenvalue weighted by atomic mass is 10.1. The molecule has 0 aliphatic heterocycles. The monoisotopic (exact) mass is 569 g/mol. The third-order valence-electron chi connectivity index (χ3n) is 6.40. The molecule has 0 unspecified atom stereocenters. The lowest BCUT2D eigenvalue weighted by molar-refractivity contribution is -0.140. The largest absolute Gasteiger partial charge is 0.352 e. The van der Waals surface area contributed by atoms with Crippen LogP contribution in [0.15, 0.2) is 77.7 Å². The summed E-state index contributed by atoms with van der Waals surface area (Å²) in [4.78, 5) is 28.8. The first-order chi connectivity index (χ1) is 18.4. The number of sulfonamides is 1. The van der Waals surface area contributed by atoms with Crippen molar-refractivity contribution in [2.24, 2.45) is 0 Å². The highest BCUT2D eigenvalue weighted by molar-refractivity contribution is 7.92. The molecule has 0 aliphatic rings. The third kappa shape index (κ3) is 7.61. The van der Waals surface area contributed by atoms with Gasteiger partial charge in [-0.2, -0.15) is 0 Å². The van der Waals surface area contributed by atoms with E-state index in [0.717, 1.165) is 21.0 Å². The zero-order valence-corrected chi connectivity index (χ0v) is 24.6. The molecule has 0 saturated heterocycles. The van der Waals surface area contributed by atoms with Gasteiger partial charge < -0.3 is 10.2 Å². The first-order valence-electron chi connectivity index (χ1n) is 12.9. The Labute approximate surface area is 236 Å². The minimum absolute atomic E-state index is 0.0518. The molecule has 9 heteroatoms. The molecule has 2 amide bonds. The Bertz CT molecular complexity index is 1410. The molecule has 1 N–H and O–H groups in total. The molecule has 0 saturated carbocycles. The molecule has 0 radical (unpaired) electrons. The van der Waals surface area contributed by atoms with Gasteiger partial charge in [-0.3, -0.25) is 13.9 Å². The van der Waals surface area contributed by atoms with E-state index in [-0.39, 0.29) is 29.1 Å². The average molecular weight is 570 g/mol. The summed E-state index contributed by atoms with van der Waals surface area (Å²) in [5.74, 6) is -0.787. The minimum Gasteiger partial charge on any atom is -0.352 e. The standard InChI is InChI=1S/C30H36ClN3O4S/c1-6-28(30(36)32-21(2)3)33(19-24-11-8-7-10-23(24)5)29(35)20-34(26-13-9-12-25(31)18-26)39(37,38)27-16-14-22(4)15-17-27/h7-18,21,28H,6,19-20H2,1-5H3,(H,32,36)/t28-/m1/s1. The van der Waals surface area contributed by atoms with E-state index in [1.807, 2.05) is 58.9 Å². The highest BCUT2D eigenvalue weighted by Gasteiger charge is 2.34. The molecule has 0 aliphatic carbocycles. The number of carbonyl (C=O) groups is 2. The number of aryl methyl sites for hydroxylation is 2. The van der Waals surface area contributed by atoms with Crippen LogP contribution in [0.4, 0.5) is 5.69 Å². The van der Waals surface area contributed by atoms with Crippen LogP contribution in [0.5, 0.6) is 0 Å². The maximum absolute atomic E-state index is 14.1. The Kier molecular flexibility index (Phi) is 10.2. The second kappa shape index (κ2) is 13.1. The molecule has 0 spiro atoms. The van der Waals surface area contributed by atoms with Crippen LogP contribution in [-0.4, -0.2) is 43.8 Å². The van der Waals surface area contributed by atoms with Crippen molar-refractivity contribution in [3.63, 3.8) is 0 Å². The quantitative estimate of drug-likeness (QED) is 0.331. The van der Waals surface area contributed by atoms with Gasteiger partial charge in [0.1, 0.15) is 12.6 Å². The van der Waals surface area contributed by atoms with Gasteiger partial charge in [-0.1, -0.05) is 66.6 Å². The van der Waals surface area contributed by atoms with Crippen LogP contribution in [0.2, 0.25) is 5.02 Å². The Balaban J connectivity index is 2.08. The molecule has 3 rings (SSSR count). The van der Waals surface area contributed by atoms with Crippen LogP contribution in [0.3, 0.4) is 0 Å². The Morgan fingerprint density at radius 3 is 2.21 bits per heavy atom. The van der Waals surface area contributed by atoms with Crippen molar-refractivity contribution in [3.05, 3.63) is 94.5 Å². The highest BCUT2D eigenvalue weighted by Crippen LogP contribution is 2.27. The van der Waals surface area contributed by atoms with Gasteiger partial charge in [0, 0.05) is 17.6 Å². The second-order valence-corrected chi connectivity index (χ2v) is 12.1. The van der Waals surface area contributed by atoms with E-state index in [1.54, 1.807) is 30.3 Å². The number of hydrogen-bond donors (Lipinski definition) is 1. The van der Waals surface area contributed by atoms with Crippen LogP contribution in [0.25, 0.3) is 0 Å². The number of benzene rings is 3. The summed E-state index contributed by atoms with van der Waals surface area (Å²) in [5, 5.41) is 3.24. The molecule has 7 nitrogen and oxygen atoms in total. The van der Waals surface area contributed by atoms with E-state index < -0.39 is 28.5 Å². The summed E-state index contributed by atoms with van der Waals surface area (Å²) in [5.41, 5.74) is 3.00. The number of carbonyl (C=O) groups excluding carboxylic acids is 2. The number of amides is 2. The summed E-state index contributed by atoms with van der Waals surface area (Å²) in [6.07, 6.45) is 0.359. The van der Waals surface area contributed by atoms with Gasteiger partial charge in [0.2, 0.25) is 11.8 Å². The van der Waals surface area contributed by atoms with E-state index in [4.69, 9.17) is 11.6 Å². The molecular formula is C30H36ClN3O4S. The van der Waals surface area contributed by atoms with Crippen LogP contribution < -0.4 is 9.62 Å². The van der Waals surface area contributed by atoms with E-state index in [1.165, 1.54) is 23.1 Å². The molecule has 39 heavy (non-hydrogen) atoms. The minimum atomic E-state index is -4.14. The van der Waals surface area contributed by atoms with E-state index in [2.05, 4.69) is 5.32 Å². The summed E-state index contributed by atoms with van der Waals surface area (Å²) in [6.45, 7) is 9.00. The van der Waals surface area contributed by atoms with Crippen LogP contribution in [0, 0.1) is 13.8 Å². The van der Waals surface area contributed by atoms with Gasteiger partial charge in [0.25, 0.3) is 10.0 Å². The average Bonchev–Trinajstić information content (AvgIpc) is 2.87. The maximum atomic E-state index is 14.1. The predicted octanol–water partition coefficient (Wildman–Crippen LogP) is 5.48. The fourth-order valence-corrected chi connectivity index (χ4v) is 5.86. The van der Waals surface area contributed by atoms with Gasteiger partial charge in [-0.15, -0.1) is 0 Å². The molecule has 0 fully saturated rings. The van der Waals surface area contributed by atoms with Crippen molar-refractivity contribution in [1.82, 2.24) is 10.2 Å². The van der Waals surface area contributed by atoms with Crippen molar-refractivity contribution in [2.75, 3.05) is 10.8 Å². The molecule has 0 bridgehead atoms. The maximum Gasteiger partial charge on any atom is 0.264 e. The normalized spacial score (nSPS) is 12.2. The lowest BCUT2D eigenvalue weighted by Gasteiger charge is -2.34. The summed E-state index contributed by atoms with van der Waals surface area (Å²) < 4.78 is 28.8. The van der Waals surface area contributed by atoms with Gasteiger partial charge in [-0.25, -0.2) is 8.42 Å². The number of hydrogen-bond acceptors (Lipinski definition) is 4. The van der Waals surface area contributed by atoms with Crippen molar-refractivity contribution in [1.29, 1.82) is 0 Å². The van der Waals surface area contributed by atoms with Crippen molar-refractivity contribution < 1.29 is 18.0 Å². The summed E-state index contributed by atoms with van der Waals surface area (Å²) >= 11 is 6.22. The topological polar surface area (TPSA) is 86.8 Å². The zero-order valence-electron chi connectivity index (χ0n) is 23.0. The van der Waals surface area contributed by atoms with Crippen molar-refractivity contribution in [3.8, 4) is 0 Å². The first-order valence-corrected chi connectivity index (χ1v) is 14.7. The van der Waals surface area contributed by atoms with Gasteiger partial charge in [0.15, 0.2) is 0 Å². The second-order valence-electron chi connectivity index (χ2n) is 9.84. The van der Waals surface area contributed by atoms with Crippen LogP contribution >= 0.6 is 11.6 Å². The number of rotatable bonds is 11. The van der Waals surface area contributed by atoms with Crippen LogP contribution in [-0.2, 0) is 26.2 Å². The lowest BCUT2D eigenvalue weighted by Crippen LogP contribution is -2.53. The number of nitrogens with one attached hydrogen (secondary N) is 1. The van der Waals surface area contributed by atoms with E-state index in [0.29, 0.717) is 11.4 Å². The molecular weight excluding hydrogens is 534 g/mol. The number of halogens is 1. The van der Waals surface area contributed by atoms with Crippen molar-refractivity contribution >= 4 is 39.1 Å². The van der Waals surface area contributed by atoms with Gasteiger partial charge in [0.05, 0.1) is 10.6 Å². The molecule has 3 aromatic rings. The van der Waals surface area contributed by atoms with Crippen LogP contribution in [0.1, 0.15) is 43.9 Å².